The standard InChI is InChI=1S/C41H38O5/c42-40(43)37-24-18-32(19-25-37)12-15-33(28-34-21-26-38(27-22-34)41(44)45)20-23-36-8-4-5-9-39(36)46-29-35-16-13-31(14-17-35)11-10-30-6-2-1-3-7-30/h1-9,13-14,16-27,33H,10-12,15,28-29H2,(H,42,43)(H,44,45)/b23-20+. The van der Waals surface area contributed by atoms with Crippen molar-refractivity contribution in [2.45, 2.75) is 38.7 Å². The Morgan fingerprint density at radius 2 is 1.07 bits per heavy atom. The highest BCUT2D eigenvalue weighted by molar-refractivity contribution is 5.88. The number of aromatic carboxylic acids is 2. The monoisotopic (exact) mass is 610 g/mol. The van der Waals surface area contributed by atoms with Crippen molar-refractivity contribution >= 4 is 18.0 Å². The van der Waals surface area contributed by atoms with Crippen molar-refractivity contribution in [3.63, 3.8) is 0 Å². The van der Waals surface area contributed by atoms with E-state index in [-0.39, 0.29) is 17.0 Å². The Balaban J connectivity index is 1.24. The minimum Gasteiger partial charge on any atom is -0.488 e. The average Bonchev–Trinajstić information content (AvgIpc) is 3.09. The number of carboxylic acid groups (broad SMARTS) is 2. The molecule has 0 fully saturated rings. The summed E-state index contributed by atoms with van der Waals surface area (Å²) in [7, 11) is 0. The molecule has 5 nitrogen and oxygen atoms in total. The van der Waals surface area contributed by atoms with Gasteiger partial charge in [0, 0.05) is 5.56 Å². The third-order valence-corrected chi connectivity index (χ3v) is 8.13. The van der Waals surface area contributed by atoms with Gasteiger partial charge in [-0.3, -0.25) is 0 Å². The normalized spacial score (nSPS) is 11.7. The second kappa shape index (κ2) is 16.1. The molecular weight excluding hydrogens is 572 g/mol. The van der Waals surface area contributed by atoms with Crippen molar-refractivity contribution in [2.75, 3.05) is 0 Å². The van der Waals surface area contributed by atoms with Crippen molar-refractivity contribution in [1.82, 2.24) is 0 Å². The smallest absolute Gasteiger partial charge is 0.335 e. The molecule has 0 saturated carbocycles. The summed E-state index contributed by atoms with van der Waals surface area (Å²) in [5, 5.41) is 18.5. The third-order valence-electron chi connectivity index (χ3n) is 8.13. The number of benzene rings is 5. The van der Waals surface area contributed by atoms with Crippen molar-refractivity contribution in [1.29, 1.82) is 0 Å². The zero-order valence-corrected chi connectivity index (χ0v) is 25.7. The lowest BCUT2D eigenvalue weighted by Gasteiger charge is -2.15. The maximum absolute atomic E-state index is 11.3. The fourth-order valence-corrected chi connectivity index (χ4v) is 5.40. The number of hydrogen-bond donors (Lipinski definition) is 2. The van der Waals surface area contributed by atoms with Gasteiger partial charge in [0.1, 0.15) is 12.4 Å². The van der Waals surface area contributed by atoms with Crippen LogP contribution in [-0.2, 0) is 32.3 Å². The zero-order chi connectivity index (χ0) is 32.1. The van der Waals surface area contributed by atoms with Gasteiger partial charge in [0.25, 0.3) is 0 Å². The molecule has 0 aromatic heterocycles. The summed E-state index contributed by atoms with van der Waals surface area (Å²) in [5.74, 6) is -0.913. The van der Waals surface area contributed by atoms with E-state index in [9.17, 15) is 19.8 Å². The van der Waals surface area contributed by atoms with E-state index in [2.05, 4.69) is 60.7 Å². The molecule has 1 atom stereocenters. The third kappa shape index (κ3) is 9.54. The molecule has 0 saturated heterocycles. The molecule has 46 heavy (non-hydrogen) atoms. The van der Waals surface area contributed by atoms with Gasteiger partial charge in [-0.15, -0.1) is 0 Å². The maximum atomic E-state index is 11.3. The van der Waals surface area contributed by atoms with Gasteiger partial charge in [-0.25, -0.2) is 9.59 Å². The second-order valence-electron chi connectivity index (χ2n) is 11.5. The Morgan fingerprint density at radius 1 is 0.565 bits per heavy atom. The maximum Gasteiger partial charge on any atom is 0.335 e. The van der Waals surface area contributed by atoms with E-state index in [1.165, 1.54) is 11.1 Å². The number of allylic oxidation sites excluding steroid dienone is 1. The summed E-state index contributed by atoms with van der Waals surface area (Å²) >= 11 is 0. The summed E-state index contributed by atoms with van der Waals surface area (Å²) < 4.78 is 6.28. The van der Waals surface area contributed by atoms with Crippen LogP contribution in [0.1, 0.15) is 60.5 Å². The summed E-state index contributed by atoms with van der Waals surface area (Å²) in [4.78, 5) is 22.6. The number of ether oxygens (including phenoxy) is 1. The molecule has 5 heteroatoms. The number of rotatable bonds is 15. The van der Waals surface area contributed by atoms with Gasteiger partial charge in [0.05, 0.1) is 11.1 Å². The largest absolute Gasteiger partial charge is 0.488 e. The molecule has 5 aromatic rings. The molecule has 5 aromatic carbocycles. The molecule has 0 bridgehead atoms. The van der Waals surface area contributed by atoms with E-state index in [1.807, 2.05) is 54.6 Å². The van der Waals surface area contributed by atoms with Gasteiger partial charge in [-0.1, -0.05) is 109 Å². The number of carbonyl (C=O) groups is 2. The first kappa shape index (κ1) is 32.0. The molecule has 232 valence electrons. The Kier molecular flexibility index (Phi) is 11.2. The van der Waals surface area contributed by atoms with E-state index < -0.39 is 11.9 Å². The Hall–Kier alpha value is -5.42. The van der Waals surface area contributed by atoms with Crippen molar-refractivity contribution in [2.24, 2.45) is 5.92 Å². The van der Waals surface area contributed by atoms with E-state index in [1.54, 1.807) is 24.3 Å². The molecule has 0 aliphatic carbocycles. The van der Waals surface area contributed by atoms with E-state index in [0.717, 1.165) is 60.1 Å². The van der Waals surface area contributed by atoms with Gasteiger partial charge in [0.2, 0.25) is 0 Å². The van der Waals surface area contributed by atoms with Crippen LogP contribution < -0.4 is 4.74 Å². The van der Waals surface area contributed by atoms with Gasteiger partial charge >= 0.3 is 11.9 Å². The molecule has 0 spiro atoms. The lowest BCUT2D eigenvalue weighted by Crippen LogP contribution is -2.05. The summed E-state index contributed by atoms with van der Waals surface area (Å²) in [5.41, 5.74) is 7.40. The quantitative estimate of drug-likeness (QED) is 0.124. The van der Waals surface area contributed by atoms with Crippen LogP contribution in [0.3, 0.4) is 0 Å². The van der Waals surface area contributed by atoms with E-state index >= 15 is 0 Å². The average molecular weight is 611 g/mol. The van der Waals surface area contributed by atoms with Crippen LogP contribution in [0.4, 0.5) is 0 Å². The number of aryl methyl sites for hydroxylation is 3. The fourth-order valence-electron chi connectivity index (χ4n) is 5.40. The summed E-state index contributed by atoms with van der Waals surface area (Å²) in [6.45, 7) is 0.468. The highest BCUT2D eigenvalue weighted by Crippen LogP contribution is 2.25. The van der Waals surface area contributed by atoms with Gasteiger partial charge in [-0.05, 0) is 96.2 Å². The van der Waals surface area contributed by atoms with Gasteiger partial charge in [0.15, 0.2) is 0 Å². The molecule has 0 radical (unpaired) electrons. The Morgan fingerprint density at radius 3 is 1.70 bits per heavy atom. The number of carboxylic acids is 2. The summed E-state index contributed by atoms with van der Waals surface area (Å²) in [6, 6.07) is 41.2. The lowest BCUT2D eigenvalue weighted by atomic mass is 9.91. The molecule has 0 aliphatic heterocycles. The molecule has 0 aliphatic rings. The molecule has 0 heterocycles. The van der Waals surface area contributed by atoms with Crippen LogP contribution >= 0.6 is 0 Å². The summed E-state index contributed by atoms with van der Waals surface area (Å²) in [6.07, 6.45) is 8.67. The molecule has 0 amide bonds. The predicted octanol–water partition coefficient (Wildman–Crippen LogP) is 8.95. The van der Waals surface area contributed by atoms with Crippen LogP contribution in [0.2, 0.25) is 0 Å². The first-order valence-corrected chi connectivity index (χ1v) is 15.6. The van der Waals surface area contributed by atoms with Crippen LogP contribution in [0.15, 0.2) is 133 Å². The molecule has 2 N–H and O–H groups in total. The molecule has 5 rings (SSSR count). The van der Waals surface area contributed by atoms with Gasteiger partial charge in [-0.2, -0.15) is 0 Å². The first-order valence-electron chi connectivity index (χ1n) is 15.6. The topological polar surface area (TPSA) is 83.8 Å². The second-order valence-corrected chi connectivity index (χ2v) is 11.5. The Labute approximate surface area is 270 Å². The van der Waals surface area contributed by atoms with Crippen LogP contribution in [0, 0.1) is 5.92 Å². The highest BCUT2D eigenvalue weighted by Gasteiger charge is 2.11. The highest BCUT2D eigenvalue weighted by atomic mass is 16.5. The van der Waals surface area contributed by atoms with Crippen molar-refractivity contribution in [3.8, 4) is 5.75 Å². The predicted molar refractivity (Wildman–Crippen MR) is 182 cm³/mol. The van der Waals surface area contributed by atoms with Gasteiger partial charge < -0.3 is 14.9 Å². The minimum absolute atomic E-state index is 0.159. The van der Waals surface area contributed by atoms with Crippen LogP contribution in [0.5, 0.6) is 5.75 Å². The van der Waals surface area contributed by atoms with E-state index in [0.29, 0.717) is 6.61 Å². The zero-order valence-electron chi connectivity index (χ0n) is 25.7. The van der Waals surface area contributed by atoms with E-state index in [4.69, 9.17) is 4.74 Å². The Bertz CT molecular complexity index is 1740. The van der Waals surface area contributed by atoms with Crippen molar-refractivity contribution < 1.29 is 24.5 Å². The molecule has 1 unspecified atom stereocenters. The van der Waals surface area contributed by atoms with Crippen molar-refractivity contribution in [3.05, 3.63) is 178 Å². The molecular formula is C41H38O5. The SMILES string of the molecule is O=C(O)c1ccc(CCC(/C=C/c2ccccc2OCc2ccc(CCc3ccccc3)cc2)Cc2ccc(C(=O)O)cc2)cc1. The number of hydrogen-bond acceptors (Lipinski definition) is 3. The minimum atomic E-state index is -0.941. The first-order chi connectivity index (χ1) is 22.4. The van der Waals surface area contributed by atoms with Crippen LogP contribution in [0.25, 0.3) is 6.08 Å². The number of para-hydroxylation sites is 1. The fraction of sp³-hybridized carbons (Fsp3) is 0.171. The van der Waals surface area contributed by atoms with Crippen LogP contribution in [-0.4, -0.2) is 22.2 Å². The lowest BCUT2D eigenvalue weighted by molar-refractivity contribution is 0.0686.